The van der Waals surface area contributed by atoms with Crippen molar-refractivity contribution in [1.82, 2.24) is 5.32 Å². The average molecular weight is 302 g/mol. The largest absolute Gasteiger partial charge is 0.306 e. The maximum atomic E-state index is 6.22. The van der Waals surface area contributed by atoms with Crippen molar-refractivity contribution < 1.29 is 0 Å². The Bertz CT molecular complexity index is 619. The molecule has 2 heteroatoms. The fourth-order valence-electron chi connectivity index (χ4n) is 2.75. The molecule has 0 saturated carbocycles. The van der Waals surface area contributed by atoms with E-state index in [-0.39, 0.29) is 6.04 Å². The summed E-state index contributed by atoms with van der Waals surface area (Å²) in [5, 5.41) is 4.47. The molecule has 2 rings (SSSR count). The van der Waals surface area contributed by atoms with Crippen LogP contribution in [0.3, 0.4) is 0 Å². The van der Waals surface area contributed by atoms with E-state index in [1.165, 1.54) is 27.8 Å². The molecule has 2 aromatic carbocycles. The molecular weight excluding hydrogens is 278 g/mol. The van der Waals surface area contributed by atoms with Crippen LogP contribution in [0.1, 0.15) is 47.2 Å². The molecule has 112 valence electrons. The first-order valence-electron chi connectivity index (χ1n) is 7.59. The Morgan fingerprint density at radius 1 is 0.952 bits per heavy atom. The van der Waals surface area contributed by atoms with Crippen molar-refractivity contribution in [2.24, 2.45) is 0 Å². The van der Waals surface area contributed by atoms with Gasteiger partial charge in [-0.1, -0.05) is 48.4 Å². The van der Waals surface area contributed by atoms with Crippen molar-refractivity contribution in [3.63, 3.8) is 0 Å². The van der Waals surface area contributed by atoms with Crippen molar-refractivity contribution >= 4 is 11.6 Å². The molecule has 0 radical (unpaired) electrons. The fourth-order valence-corrected chi connectivity index (χ4v) is 2.93. The summed E-state index contributed by atoms with van der Waals surface area (Å²) in [6.45, 7) is 9.65. The van der Waals surface area contributed by atoms with E-state index in [0.717, 1.165) is 18.0 Å². The first kappa shape index (κ1) is 16.1. The topological polar surface area (TPSA) is 12.0 Å². The van der Waals surface area contributed by atoms with E-state index in [1.807, 2.05) is 6.07 Å². The highest BCUT2D eigenvalue weighted by Gasteiger charge is 2.17. The zero-order valence-electron chi connectivity index (χ0n) is 13.3. The summed E-state index contributed by atoms with van der Waals surface area (Å²) >= 11 is 6.22. The number of nitrogens with one attached hydrogen (secondary N) is 1. The summed E-state index contributed by atoms with van der Waals surface area (Å²) in [4.78, 5) is 0. The molecule has 0 spiro atoms. The minimum Gasteiger partial charge on any atom is -0.306 e. The summed E-state index contributed by atoms with van der Waals surface area (Å²) in [7, 11) is 0. The molecule has 0 bridgehead atoms. The van der Waals surface area contributed by atoms with Gasteiger partial charge in [0, 0.05) is 5.02 Å². The Labute approximate surface area is 133 Å². The molecule has 0 heterocycles. The minimum atomic E-state index is 0.198. The van der Waals surface area contributed by atoms with Gasteiger partial charge < -0.3 is 5.32 Å². The number of aryl methyl sites for hydroxylation is 3. The van der Waals surface area contributed by atoms with Gasteiger partial charge in [-0.2, -0.15) is 0 Å². The van der Waals surface area contributed by atoms with Gasteiger partial charge in [0.1, 0.15) is 0 Å². The lowest BCUT2D eigenvalue weighted by molar-refractivity contribution is 0.594. The Morgan fingerprint density at radius 2 is 1.71 bits per heavy atom. The third-order valence-electron chi connectivity index (χ3n) is 3.89. The molecular formula is C19H24ClN. The Balaban J connectivity index is 2.49. The van der Waals surface area contributed by atoms with Gasteiger partial charge in [-0.15, -0.1) is 0 Å². The third-order valence-corrected chi connectivity index (χ3v) is 4.12. The zero-order valence-corrected chi connectivity index (χ0v) is 14.1. The lowest BCUT2D eigenvalue weighted by Crippen LogP contribution is -2.24. The van der Waals surface area contributed by atoms with E-state index in [1.54, 1.807) is 0 Å². The van der Waals surface area contributed by atoms with Crippen LogP contribution in [0.2, 0.25) is 5.02 Å². The molecule has 0 fully saturated rings. The molecule has 0 saturated heterocycles. The number of halogens is 1. The normalized spacial score (nSPS) is 12.4. The molecule has 2 aromatic rings. The zero-order chi connectivity index (χ0) is 15.4. The first-order valence-corrected chi connectivity index (χ1v) is 7.97. The highest BCUT2D eigenvalue weighted by molar-refractivity contribution is 6.30. The maximum absolute atomic E-state index is 6.22. The first-order chi connectivity index (χ1) is 10.0. The second kappa shape index (κ2) is 7.11. The molecule has 1 unspecified atom stereocenters. The Kier molecular flexibility index (Phi) is 5.44. The molecule has 1 nitrogen and oxygen atoms in total. The second-order valence-corrected chi connectivity index (χ2v) is 6.18. The van der Waals surface area contributed by atoms with Crippen LogP contribution < -0.4 is 5.32 Å². The maximum Gasteiger partial charge on any atom is 0.0582 e. The number of hydrogen-bond acceptors (Lipinski definition) is 1. The quantitative estimate of drug-likeness (QED) is 0.784. The predicted molar refractivity (Wildman–Crippen MR) is 92.2 cm³/mol. The standard InChI is InChI=1S/C19H24ClN/c1-5-10-21-19(17-9-6-13(2)11-15(17)4)18-12-16(20)8-7-14(18)3/h6-9,11-12,19,21H,5,10H2,1-4H3. The Morgan fingerprint density at radius 3 is 2.38 bits per heavy atom. The minimum absolute atomic E-state index is 0.198. The van der Waals surface area contributed by atoms with Gasteiger partial charge in [0.15, 0.2) is 0 Å². The molecule has 0 aliphatic carbocycles. The van der Waals surface area contributed by atoms with E-state index in [4.69, 9.17) is 11.6 Å². The van der Waals surface area contributed by atoms with Crippen LogP contribution in [0.25, 0.3) is 0 Å². The summed E-state index contributed by atoms with van der Waals surface area (Å²) in [6, 6.07) is 13.0. The third kappa shape index (κ3) is 3.87. The predicted octanol–water partition coefficient (Wildman–Crippen LogP) is 5.35. The van der Waals surface area contributed by atoms with Gasteiger partial charge in [0.2, 0.25) is 0 Å². The number of hydrogen-bond donors (Lipinski definition) is 1. The van der Waals surface area contributed by atoms with Gasteiger partial charge in [-0.05, 0) is 68.1 Å². The molecule has 0 aromatic heterocycles. The van der Waals surface area contributed by atoms with Crippen LogP contribution in [0, 0.1) is 20.8 Å². The summed E-state index contributed by atoms with van der Waals surface area (Å²) in [6.07, 6.45) is 1.11. The molecule has 0 amide bonds. The van der Waals surface area contributed by atoms with Crippen molar-refractivity contribution in [1.29, 1.82) is 0 Å². The highest BCUT2D eigenvalue weighted by Crippen LogP contribution is 2.29. The average Bonchev–Trinajstić information content (AvgIpc) is 2.44. The van der Waals surface area contributed by atoms with Gasteiger partial charge in [-0.25, -0.2) is 0 Å². The van der Waals surface area contributed by atoms with Crippen molar-refractivity contribution in [2.45, 2.75) is 40.2 Å². The van der Waals surface area contributed by atoms with Gasteiger partial charge >= 0.3 is 0 Å². The summed E-state index contributed by atoms with van der Waals surface area (Å²) in [5.41, 5.74) is 6.49. The van der Waals surface area contributed by atoms with Crippen LogP contribution in [0.4, 0.5) is 0 Å². The van der Waals surface area contributed by atoms with Crippen LogP contribution >= 0.6 is 11.6 Å². The van der Waals surface area contributed by atoms with E-state index >= 15 is 0 Å². The number of benzene rings is 2. The van der Waals surface area contributed by atoms with E-state index in [2.05, 4.69) is 63.3 Å². The lowest BCUT2D eigenvalue weighted by atomic mass is 9.91. The lowest BCUT2D eigenvalue weighted by Gasteiger charge is -2.24. The smallest absolute Gasteiger partial charge is 0.0582 e. The van der Waals surface area contributed by atoms with Crippen LogP contribution in [-0.2, 0) is 0 Å². The Hall–Kier alpha value is -1.31. The van der Waals surface area contributed by atoms with E-state index < -0.39 is 0 Å². The van der Waals surface area contributed by atoms with Crippen molar-refractivity contribution in [2.75, 3.05) is 6.54 Å². The van der Waals surface area contributed by atoms with Gasteiger partial charge in [0.05, 0.1) is 6.04 Å². The van der Waals surface area contributed by atoms with Gasteiger partial charge in [-0.3, -0.25) is 0 Å². The molecule has 0 aliphatic heterocycles. The van der Waals surface area contributed by atoms with E-state index in [0.29, 0.717) is 0 Å². The SMILES string of the molecule is CCCNC(c1ccc(C)cc1C)c1cc(Cl)ccc1C. The van der Waals surface area contributed by atoms with E-state index in [9.17, 15) is 0 Å². The molecule has 1 N–H and O–H groups in total. The molecule has 0 aliphatic rings. The second-order valence-electron chi connectivity index (χ2n) is 5.75. The van der Waals surface area contributed by atoms with Crippen LogP contribution in [-0.4, -0.2) is 6.54 Å². The van der Waals surface area contributed by atoms with Crippen LogP contribution in [0.5, 0.6) is 0 Å². The fraction of sp³-hybridized carbons (Fsp3) is 0.368. The monoisotopic (exact) mass is 301 g/mol. The summed E-state index contributed by atoms with van der Waals surface area (Å²) in [5.74, 6) is 0. The van der Waals surface area contributed by atoms with Crippen molar-refractivity contribution in [3.8, 4) is 0 Å². The molecule has 1 atom stereocenters. The summed E-state index contributed by atoms with van der Waals surface area (Å²) < 4.78 is 0. The molecule has 21 heavy (non-hydrogen) atoms. The van der Waals surface area contributed by atoms with Gasteiger partial charge in [0.25, 0.3) is 0 Å². The van der Waals surface area contributed by atoms with Crippen molar-refractivity contribution in [3.05, 3.63) is 69.2 Å². The number of rotatable bonds is 5. The highest BCUT2D eigenvalue weighted by atomic mass is 35.5. The van der Waals surface area contributed by atoms with Crippen LogP contribution in [0.15, 0.2) is 36.4 Å².